The van der Waals surface area contributed by atoms with E-state index >= 15 is 0 Å². The number of aromatic nitrogens is 2. The molecule has 2 rings (SSSR count). The van der Waals surface area contributed by atoms with E-state index in [1.54, 1.807) is 6.20 Å². The zero-order valence-electron chi connectivity index (χ0n) is 8.63. The van der Waals surface area contributed by atoms with Gasteiger partial charge in [-0.15, -0.1) is 0 Å². The Morgan fingerprint density at radius 1 is 1.56 bits per heavy atom. The van der Waals surface area contributed by atoms with E-state index in [1.807, 2.05) is 19.2 Å². The minimum atomic E-state index is 0.164. The summed E-state index contributed by atoms with van der Waals surface area (Å²) in [6.45, 7) is 2.71. The average molecular weight is 349 g/mol. The molecule has 4 nitrogen and oxygen atoms in total. The third kappa shape index (κ3) is 2.75. The Morgan fingerprint density at radius 3 is 2.94 bits per heavy atom. The van der Waals surface area contributed by atoms with E-state index in [9.17, 15) is 0 Å². The minimum absolute atomic E-state index is 0.164. The predicted molar refractivity (Wildman–Crippen MR) is 68.0 cm³/mol. The second-order valence-corrected chi connectivity index (χ2v) is 4.99. The maximum atomic E-state index is 5.46. The number of aromatic amines is 1. The fourth-order valence-corrected chi connectivity index (χ4v) is 2.00. The van der Waals surface area contributed by atoms with Gasteiger partial charge in [-0.1, -0.05) is 0 Å². The summed E-state index contributed by atoms with van der Waals surface area (Å²) in [7, 11) is 0. The van der Waals surface area contributed by atoms with Crippen molar-refractivity contribution < 1.29 is 4.42 Å². The van der Waals surface area contributed by atoms with E-state index in [0.29, 0.717) is 6.54 Å². The number of imidazole rings is 1. The summed E-state index contributed by atoms with van der Waals surface area (Å²) in [4.78, 5) is 7.25. The summed E-state index contributed by atoms with van der Waals surface area (Å²) in [6.07, 6.45) is 3.56. The van der Waals surface area contributed by atoms with Crippen molar-refractivity contribution in [3.63, 3.8) is 0 Å². The van der Waals surface area contributed by atoms with Crippen LogP contribution in [0.2, 0.25) is 0 Å². The van der Waals surface area contributed by atoms with Crippen LogP contribution in [0.3, 0.4) is 0 Å². The third-order valence-electron chi connectivity index (χ3n) is 2.21. The zero-order chi connectivity index (χ0) is 11.5. The normalized spacial score (nSPS) is 12.9. The number of hydrogen-bond donors (Lipinski definition) is 2. The molecule has 0 fully saturated rings. The first-order valence-corrected chi connectivity index (χ1v) is 6.42. The molecule has 2 aromatic rings. The fraction of sp³-hybridized carbons (Fsp3) is 0.300. The summed E-state index contributed by atoms with van der Waals surface area (Å²) in [5, 5.41) is 3.31. The molecule has 86 valence electrons. The lowest BCUT2D eigenvalue weighted by molar-refractivity contribution is 0.441. The van der Waals surface area contributed by atoms with E-state index in [4.69, 9.17) is 4.42 Å². The molecule has 0 amide bonds. The molecule has 0 aromatic carbocycles. The Kier molecular flexibility index (Phi) is 3.83. The molecular weight excluding hydrogens is 338 g/mol. The molecule has 2 heterocycles. The lowest BCUT2D eigenvalue weighted by atomic mass is 10.3. The van der Waals surface area contributed by atoms with Crippen molar-refractivity contribution >= 4 is 31.9 Å². The van der Waals surface area contributed by atoms with Crippen molar-refractivity contribution in [2.24, 2.45) is 0 Å². The van der Waals surface area contributed by atoms with Gasteiger partial charge in [0.15, 0.2) is 4.67 Å². The third-order valence-corrected chi connectivity index (χ3v) is 3.92. The second-order valence-electron chi connectivity index (χ2n) is 3.41. The van der Waals surface area contributed by atoms with Gasteiger partial charge in [-0.05, 0) is 44.8 Å². The molecule has 6 heteroatoms. The zero-order valence-corrected chi connectivity index (χ0v) is 11.8. The maximum Gasteiger partial charge on any atom is 0.183 e. The van der Waals surface area contributed by atoms with Crippen LogP contribution in [0, 0.1) is 0 Å². The van der Waals surface area contributed by atoms with Gasteiger partial charge in [0.25, 0.3) is 0 Å². The first-order valence-electron chi connectivity index (χ1n) is 4.83. The lowest BCUT2D eigenvalue weighted by Crippen LogP contribution is -2.18. The number of nitrogens with one attached hydrogen (secondary N) is 2. The first kappa shape index (κ1) is 11.9. The van der Waals surface area contributed by atoms with Crippen molar-refractivity contribution in [2.45, 2.75) is 19.5 Å². The molecule has 0 aliphatic heterocycles. The highest BCUT2D eigenvalue weighted by atomic mass is 79.9. The van der Waals surface area contributed by atoms with Crippen LogP contribution in [-0.4, -0.2) is 9.97 Å². The summed E-state index contributed by atoms with van der Waals surface area (Å²) in [6, 6.07) is 2.10. The van der Waals surface area contributed by atoms with Gasteiger partial charge in [0.05, 0.1) is 17.1 Å². The molecule has 0 radical (unpaired) electrons. The average Bonchev–Trinajstić information content (AvgIpc) is 2.86. The van der Waals surface area contributed by atoms with Gasteiger partial charge in [-0.3, -0.25) is 0 Å². The quantitative estimate of drug-likeness (QED) is 0.890. The largest absolute Gasteiger partial charge is 0.452 e. The van der Waals surface area contributed by atoms with Gasteiger partial charge in [0, 0.05) is 12.4 Å². The molecular formula is C10H11Br2N3O. The van der Waals surface area contributed by atoms with Gasteiger partial charge in [-0.2, -0.15) is 0 Å². The van der Waals surface area contributed by atoms with Crippen LogP contribution in [0.15, 0.2) is 32.0 Å². The molecule has 0 spiro atoms. The van der Waals surface area contributed by atoms with Gasteiger partial charge >= 0.3 is 0 Å². The van der Waals surface area contributed by atoms with Crippen LogP contribution in [0.25, 0.3) is 0 Å². The Morgan fingerprint density at radius 2 is 2.38 bits per heavy atom. The number of halogens is 2. The number of hydrogen-bond acceptors (Lipinski definition) is 3. The Balaban J connectivity index is 1.92. The van der Waals surface area contributed by atoms with E-state index in [0.717, 1.165) is 20.7 Å². The first-order chi connectivity index (χ1) is 7.66. The molecule has 1 unspecified atom stereocenters. The minimum Gasteiger partial charge on any atom is -0.452 e. The molecule has 0 bridgehead atoms. The lowest BCUT2D eigenvalue weighted by Gasteiger charge is -2.09. The second kappa shape index (κ2) is 5.16. The topological polar surface area (TPSA) is 53.9 Å². The summed E-state index contributed by atoms with van der Waals surface area (Å²) in [5.41, 5.74) is 0. The van der Waals surface area contributed by atoms with Gasteiger partial charge in [0.2, 0.25) is 0 Å². The highest BCUT2D eigenvalue weighted by molar-refractivity contribution is 9.13. The van der Waals surface area contributed by atoms with Gasteiger partial charge in [0.1, 0.15) is 11.6 Å². The van der Waals surface area contributed by atoms with Crippen LogP contribution in [-0.2, 0) is 6.54 Å². The van der Waals surface area contributed by atoms with Crippen LogP contribution < -0.4 is 5.32 Å². The van der Waals surface area contributed by atoms with Crippen molar-refractivity contribution in [3.8, 4) is 0 Å². The highest BCUT2D eigenvalue weighted by Crippen LogP contribution is 2.26. The molecule has 0 aliphatic carbocycles. The van der Waals surface area contributed by atoms with Crippen LogP contribution >= 0.6 is 31.9 Å². The Labute approximate surface area is 110 Å². The summed E-state index contributed by atoms with van der Waals surface area (Å²) in [5.74, 6) is 1.79. The number of furan rings is 1. The predicted octanol–water partition coefficient (Wildman–Crippen LogP) is 3.38. The van der Waals surface area contributed by atoms with Crippen molar-refractivity contribution in [3.05, 3.63) is 39.2 Å². The van der Waals surface area contributed by atoms with Crippen LogP contribution in [0.5, 0.6) is 0 Å². The molecule has 2 N–H and O–H groups in total. The summed E-state index contributed by atoms with van der Waals surface area (Å²) < 4.78 is 7.10. The molecule has 0 saturated carbocycles. The standard InChI is InChI=1S/C10H11Br2N3O/c1-6(10-13-2-3-14-10)15-5-7-4-8(11)9(12)16-7/h2-4,6,15H,5H2,1H3,(H,13,14). The molecule has 0 saturated heterocycles. The molecule has 2 aromatic heterocycles. The van der Waals surface area contributed by atoms with E-state index in [2.05, 4.69) is 47.1 Å². The van der Waals surface area contributed by atoms with Gasteiger partial charge < -0.3 is 14.7 Å². The van der Waals surface area contributed by atoms with Crippen molar-refractivity contribution in [1.29, 1.82) is 0 Å². The highest BCUT2D eigenvalue weighted by Gasteiger charge is 2.10. The smallest absolute Gasteiger partial charge is 0.183 e. The van der Waals surface area contributed by atoms with E-state index in [-0.39, 0.29) is 6.04 Å². The Bertz CT molecular complexity index is 433. The molecule has 0 aliphatic rings. The number of nitrogens with zero attached hydrogens (tertiary/aromatic N) is 1. The molecule has 1 atom stereocenters. The van der Waals surface area contributed by atoms with E-state index < -0.39 is 0 Å². The number of H-pyrrole nitrogens is 1. The van der Waals surface area contributed by atoms with Crippen LogP contribution in [0.4, 0.5) is 0 Å². The van der Waals surface area contributed by atoms with Crippen LogP contribution in [0.1, 0.15) is 24.6 Å². The van der Waals surface area contributed by atoms with E-state index in [1.165, 1.54) is 0 Å². The fourth-order valence-electron chi connectivity index (χ4n) is 1.34. The number of rotatable bonds is 4. The van der Waals surface area contributed by atoms with Crippen molar-refractivity contribution in [1.82, 2.24) is 15.3 Å². The molecule has 16 heavy (non-hydrogen) atoms. The SMILES string of the molecule is CC(NCc1cc(Br)c(Br)o1)c1ncc[nH]1. The van der Waals surface area contributed by atoms with Gasteiger partial charge in [-0.25, -0.2) is 4.98 Å². The Hall–Kier alpha value is -0.590. The maximum absolute atomic E-state index is 5.46. The van der Waals surface area contributed by atoms with Crippen molar-refractivity contribution in [2.75, 3.05) is 0 Å². The monoisotopic (exact) mass is 347 g/mol. The summed E-state index contributed by atoms with van der Waals surface area (Å²) >= 11 is 6.68.